The molecule has 1 atom stereocenters. The van der Waals surface area contributed by atoms with Gasteiger partial charge in [-0.2, -0.15) is 0 Å². The number of benzene rings is 2. The first-order chi connectivity index (χ1) is 16.5. The van der Waals surface area contributed by atoms with Crippen molar-refractivity contribution >= 4 is 17.5 Å². The van der Waals surface area contributed by atoms with Crippen molar-refractivity contribution in [1.29, 1.82) is 0 Å². The van der Waals surface area contributed by atoms with Gasteiger partial charge in [-0.15, -0.1) is 0 Å². The van der Waals surface area contributed by atoms with Crippen molar-refractivity contribution in [1.82, 2.24) is 5.32 Å². The van der Waals surface area contributed by atoms with Crippen LogP contribution < -0.4 is 19.5 Å². The van der Waals surface area contributed by atoms with Gasteiger partial charge < -0.3 is 19.5 Å². The fourth-order valence-electron chi connectivity index (χ4n) is 5.50. The van der Waals surface area contributed by atoms with Gasteiger partial charge in [0.1, 0.15) is 11.4 Å². The van der Waals surface area contributed by atoms with Gasteiger partial charge in [-0.05, 0) is 88.1 Å². The monoisotopic (exact) mass is 483 g/mol. The van der Waals surface area contributed by atoms with Gasteiger partial charge in [0.05, 0.1) is 18.8 Å². The van der Waals surface area contributed by atoms with E-state index in [4.69, 9.17) is 25.8 Å². The maximum atomic E-state index is 13.1. The fourth-order valence-corrected chi connectivity index (χ4v) is 5.68. The smallest absolute Gasteiger partial charge is 0.220 e. The third kappa shape index (κ3) is 5.00. The minimum Gasteiger partial charge on any atom is -0.490 e. The highest BCUT2D eigenvalue weighted by atomic mass is 35.5. The molecule has 2 aromatic rings. The fraction of sp³-hybridized carbons (Fsp3) is 0.536. The third-order valence-electron chi connectivity index (χ3n) is 7.42. The summed E-state index contributed by atoms with van der Waals surface area (Å²) in [5.74, 6) is 2.45. The van der Waals surface area contributed by atoms with Gasteiger partial charge in [-0.3, -0.25) is 4.79 Å². The molecule has 3 aliphatic rings. The molecule has 0 saturated heterocycles. The van der Waals surface area contributed by atoms with Gasteiger partial charge >= 0.3 is 0 Å². The topological polar surface area (TPSA) is 56.8 Å². The van der Waals surface area contributed by atoms with Crippen LogP contribution in [0.4, 0.5) is 0 Å². The van der Waals surface area contributed by atoms with Crippen LogP contribution in [0.3, 0.4) is 0 Å². The Labute approximate surface area is 207 Å². The van der Waals surface area contributed by atoms with E-state index >= 15 is 0 Å². The molecular formula is C28H34ClNO4. The Hall–Kier alpha value is -2.40. The number of hydrogen-bond donors (Lipinski definition) is 1. The van der Waals surface area contributed by atoms with E-state index in [1.54, 1.807) is 0 Å². The Bertz CT molecular complexity index is 1030. The quantitative estimate of drug-likeness (QED) is 0.462. The lowest BCUT2D eigenvalue weighted by Gasteiger charge is -2.48. The number of ether oxygens (including phenoxy) is 3. The molecule has 5 rings (SSSR count). The zero-order valence-corrected chi connectivity index (χ0v) is 20.7. The highest BCUT2D eigenvalue weighted by Crippen LogP contribution is 2.49. The minimum absolute atomic E-state index is 0.0286. The average molecular weight is 484 g/mol. The number of para-hydroxylation sites is 1. The van der Waals surface area contributed by atoms with Crippen molar-refractivity contribution in [3.63, 3.8) is 0 Å². The first-order valence-electron chi connectivity index (χ1n) is 12.7. The zero-order valence-electron chi connectivity index (χ0n) is 19.9. The second-order valence-electron chi connectivity index (χ2n) is 9.85. The Morgan fingerprint density at radius 3 is 2.74 bits per heavy atom. The number of hydrogen-bond acceptors (Lipinski definition) is 4. The molecule has 1 N–H and O–H groups in total. The van der Waals surface area contributed by atoms with Gasteiger partial charge in [0.15, 0.2) is 11.5 Å². The molecule has 2 aromatic carbocycles. The standard InChI is InChI=1S/C28H34ClNO4/c1-2-32-25-10-5-7-19(27(25)33-21-8-3-4-9-21)11-14-26(31)30-23-18-28(15-6-16-28)34-24-13-12-20(29)17-22(23)24/h5,7,10,12-13,17,21,23H,2-4,6,8-9,11,14-16,18H2,1H3,(H,30,31). The highest BCUT2D eigenvalue weighted by molar-refractivity contribution is 6.30. The summed E-state index contributed by atoms with van der Waals surface area (Å²) >= 11 is 6.27. The lowest BCUT2D eigenvalue weighted by Crippen LogP contribution is -2.49. The van der Waals surface area contributed by atoms with Gasteiger partial charge in [0.25, 0.3) is 0 Å². The van der Waals surface area contributed by atoms with Crippen LogP contribution in [0.15, 0.2) is 36.4 Å². The van der Waals surface area contributed by atoms with Crippen LogP contribution >= 0.6 is 11.6 Å². The summed E-state index contributed by atoms with van der Waals surface area (Å²) in [5.41, 5.74) is 1.85. The molecule has 1 amide bonds. The maximum absolute atomic E-state index is 13.1. The van der Waals surface area contributed by atoms with E-state index in [-0.39, 0.29) is 23.7 Å². The Morgan fingerprint density at radius 1 is 1.18 bits per heavy atom. The largest absolute Gasteiger partial charge is 0.490 e. The maximum Gasteiger partial charge on any atom is 0.220 e. The predicted octanol–water partition coefficient (Wildman–Crippen LogP) is 6.56. The molecule has 6 heteroatoms. The summed E-state index contributed by atoms with van der Waals surface area (Å²) in [5, 5.41) is 3.94. The van der Waals surface area contributed by atoms with Crippen LogP contribution in [-0.2, 0) is 11.2 Å². The summed E-state index contributed by atoms with van der Waals surface area (Å²) in [6, 6.07) is 11.6. The number of halogens is 1. The van der Waals surface area contributed by atoms with Crippen LogP contribution in [0.25, 0.3) is 0 Å². The number of aryl methyl sites for hydroxylation is 1. The van der Waals surface area contributed by atoms with Gasteiger partial charge in [-0.25, -0.2) is 0 Å². The van der Waals surface area contributed by atoms with Crippen LogP contribution in [0.5, 0.6) is 17.2 Å². The molecule has 0 aromatic heterocycles. The van der Waals surface area contributed by atoms with E-state index in [0.717, 1.165) is 60.5 Å². The first kappa shape index (κ1) is 23.3. The number of amides is 1. The molecule has 0 bridgehead atoms. The molecule has 1 unspecified atom stereocenters. The molecule has 2 saturated carbocycles. The van der Waals surface area contributed by atoms with E-state index in [1.165, 1.54) is 19.3 Å². The van der Waals surface area contributed by atoms with Gasteiger partial charge in [0.2, 0.25) is 5.91 Å². The lowest BCUT2D eigenvalue weighted by atomic mass is 9.73. The average Bonchev–Trinajstić information content (AvgIpc) is 3.32. The normalized spacial score (nSPS) is 20.8. The number of fused-ring (bicyclic) bond motifs is 1. The summed E-state index contributed by atoms with van der Waals surface area (Å²) in [4.78, 5) is 13.1. The Morgan fingerprint density at radius 2 is 2.00 bits per heavy atom. The molecule has 1 aliphatic heterocycles. The molecule has 2 aliphatic carbocycles. The number of rotatable bonds is 8. The number of carbonyl (C=O) groups is 1. The summed E-state index contributed by atoms with van der Waals surface area (Å²) in [7, 11) is 0. The zero-order chi connectivity index (χ0) is 23.5. The van der Waals surface area contributed by atoms with Gasteiger partial charge in [-0.1, -0.05) is 23.7 Å². The van der Waals surface area contributed by atoms with E-state index in [9.17, 15) is 4.79 Å². The van der Waals surface area contributed by atoms with Crippen molar-refractivity contribution in [2.75, 3.05) is 6.61 Å². The highest BCUT2D eigenvalue weighted by Gasteiger charge is 2.46. The van der Waals surface area contributed by atoms with E-state index in [2.05, 4.69) is 5.32 Å². The van der Waals surface area contributed by atoms with Crippen molar-refractivity contribution in [3.8, 4) is 17.2 Å². The van der Waals surface area contributed by atoms with Crippen molar-refractivity contribution in [3.05, 3.63) is 52.5 Å². The van der Waals surface area contributed by atoms with Crippen LogP contribution in [-0.4, -0.2) is 24.2 Å². The summed E-state index contributed by atoms with van der Waals surface area (Å²) < 4.78 is 18.6. The Balaban J connectivity index is 1.28. The molecule has 5 nitrogen and oxygen atoms in total. The van der Waals surface area contributed by atoms with Gasteiger partial charge in [0, 0.05) is 23.4 Å². The third-order valence-corrected chi connectivity index (χ3v) is 7.65. The van der Waals surface area contributed by atoms with Crippen molar-refractivity contribution in [2.24, 2.45) is 0 Å². The minimum atomic E-state index is -0.146. The van der Waals surface area contributed by atoms with E-state index < -0.39 is 0 Å². The molecule has 182 valence electrons. The number of carbonyl (C=O) groups excluding carboxylic acids is 1. The van der Waals surface area contributed by atoms with Crippen LogP contribution in [0, 0.1) is 0 Å². The molecule has 34 heavy (non-hydrogen) atoms. The van der Waals surface area contributed by atoms with E-state index in [0.29, 0.717) is 24.5 Å². The second-order valence-corrected chi connectivity index (χ2v) is 10.3. The SMILES string of the molecule is CCOc1cccc(CCC(=O)NC2CC3(CCC3)Oc3ccc(Cl)cc32)c1OC1CCCC1. The molecule has 2 fully saturated rings. The van der Waals surface area contributed by atoms with Crippen molar-refractivity contribution in [2.45, 2.75) is 88.9 Å². The molecule has 1 heterocycles. The van der Waals surface area contributed by atoms with Crippen LogP contribution in [0.2, 0.25) is 5.02 Å². The predicted molar refractivity (Wildman–Crippen MR) is 133 cm³/mol. The first-order valence-corrected chi connectivity index (χ1v) is 13.1. The van der Waals surface area contributed by atoms with Crippen molar-refractivity contribution < 1.29 is 19.0 Å². The van der Waals surface area contributed by atoms with Crippen LogP contribution in [0.1, 0.15) is 81.9 Å². The van der Waals surface area contributed by atoms with E-state index in [1.807, 2.05) is 43.3 Å². The molecule has 1 spiro atoms. The molecule has 0 radical (unpaired) electrons. The second kappa shape index (κ2) is 10.1. The molecular weight excluding hydrogens is 450 g/mol. The Kier molecular flexibility index (Phi) is 6.91. The summed E-state index contributed by atoms with van der Waals surface area (Å²) in [6.07, 6.45) is 9.82. The summed E-state index contributed by atoms with van der Waals surface area (Å²) in [6.45, 7) is 2.56. The lowest BCUT2D eigenvalue weighted by molar-refractivity contribution is -0.123. The number of nitrogens with one attached hydrogen (secondary N) is 1.